The quantitative estimate of drug-likeness (QED) is 0.715. The molecular formula is C14H7N2. The van der Waals surface area contributed by atoms with Gasteiger partial charge in [0, 0.05) is 0 Å². The van der Waals surface area contributed by atoms with Crippen LogP contribution in [0.25, 0.3) is 11.1 Å². The molecule has 73 valence electrons. The summed E-state index contributed by atoms with van der Waals surface area (Å²) in [5, 5.41) is 17.7. The van der Waals surface area contributed by atoms with Crippen LogP contribution in [0.5, 0.6) is 0 Å². The predicted octanol–water partition coefficient (Wildman–Crippen LogP) is 2.90. The highest BCUT2D eigenvalue weighted by molar-refractivity contribution is 5.67. The molecule has 0 aliphatic heterocycles. The third-order valence-corrected chi connectivity index (χ3v) is 2.24. The van der Waals surface area contributed by atoms with Crippen molar-refractivity contribution in [3.05, 3.63) is 59.7 Å². The second-order valence-electron chi connectivity index (χ2n) is 3.31. The summed E-state index contributed by atoms with van der Waals surface area (Å²) in [6.45, 7) is 0. The first-order chi connectivity index (χ1) is 7.83. The fourth-order valence-electron chi connectivity index (χ4n) is 1.50. The van der Waals surface area contributed by atoms with Gasteiger partial charge < -0.3 is 0 Å². The lowest BCUT2D eigenvalue weighted by Gasteiger charge is -2.02. The van der Waals surface area contributed by atoms with Gasteiger partial charge in [0.25, 0.3) is 0 Å². The van der Waals surface area contributed by atoms with Crippen LogP contribution < -0.4 is 0 Å². The van der Waals surface area contributed by atoms with Crippen molar-refractivity contribution in [3.8, 4) is 23.3 Å². The molecule has 0 aromatic heterocycles. The van der Waals surface area contributed by atoms with Gasteiger partial charge in [-0.05, 0) is 35.4 Å². The van der Waals surface area contributed by atoms with E-state index in [2.05, 4.69) is 18.2 Å². The summed E-state index contributed by atoms with van der Waals surface area (Å²) in [4.78, 5) is 0. The van der Waals surface area contributed by atoms with E-state index in [1.54, 1.807) is 30.3 Å². The van der Waals surface area contributed by atoms with Crippen LogP contribution in [0, 0.1) is 28.7 Å². The maximum Gasteiger partial charge on any atom is 0.0992 e. The second-order valence-corrected chi connectivity index (χ2v) is 3.31. The zero-order valence-electron chi connectivity index (χ0n) is 8.44. The van der Waals surface area contributed by atoms with E-state index in [-0.39, 0.29) is 0 Å². The molecule has 0 heterocycles. The molecule has 0 spiro atoms. The minimum atomic E-state index is 0.502. The molecule has 0 N–H and O–H groups in total. The molecule has 0 bridgehead atoms. The summed E-state index contributed by atoms with van der Waals surface area (Å²) in [6.07, 6.45) is 0. The first kappa shape index (κ1) is 9.96. The van der Waals surface area contributed by atoms with Crippen LogP contribution in [0.15, 0.2) is 42.5 Å². The summed E-state index contributed by atoms with van der Waals surface area (Å²) >= 11 is 0. The molecule has 2 rings (SSSR count). The molecule has 1 radical (unpaired) electrons. The molecule has 2 aromatic carbocycles. The zero-order valence-corrected chi connectivity index (χ0v) is 8.44. The normalized spacial score (nSPS) is 9.12. The monoisotopic (exact) mass is 203 g/mol. The molecule has 0 fully saturated rings. The van der Waals surface area contributed by atoms with Gasteiger partial charge in [-0.2, -0.15) is 10.5 Å². The molecule has 2 aromatic rings. The minimum Gasteiger partial charge on any atom is -0.192 e. The van der Waals surface area contributed by atoms with Gasteiger partial charge in [-0.1, -0.05) is 24.3 Å². The lowest BCUT2D eigenvalue weighted by molar-refractivity contribution is 1.44. The van der Waals surface area contributed by atoms with Gasteiger partial charge >= 0.3 is 0 Å². The van der Waals surface area contributed by atoms with Crippen LogP contribution in [0.3, 0.4) is 0 Å². The van der Waals surface area contributed by atoms with E-state index in [1.165, 1.54) is 0 Å². The average molecular weight is 203 g/mol. The molecule has 16 heavy (non-hydrogen) atoms. The van der Waals surface area contributed by atoms with Crippen molar-refractivity contribution >= 4 is 0 Å². The first-order valence-corrected chi connectivity index (χ1v) is 4.75. The number of hydrogen-bond donors (Lipinski definition) is 0. The van der Waals surface area contributed by atoms with Crippen molar-refractivity contribution in [2.24, 2.45) is 0 Å². The molecule has 0 aliphatic carbocycles. The van der Waals surface area contributed by atoms with E-state index in [4.69, 9.17) is 10.5 Å². The topological polar surface area (TPSA) is 47.6 Å². The fourth-order valence-corrected chi connectivity index (χ4v) is 1.50. The van der Waals surface area contributed by atoms with Gasteiger partial charge in [-0.3, -0.25) is 0 Å². The number of nitriles is 2. The number of rotatable bonds is 1. The summed E-state index contributed by atoms with van der Waals surface area (Å²) in [5.41, 5.74) is 2.86. The maximum absolute atomic E-state index is 8.86. The van der Waals surface area contributed by atoms with E-state index in [9.17, 15) is 0 Å². The Labute approximate surface area is 94.0 Å². The smallest absolute Gasteiger partial charge is 0.0992 e. The van der Waals surface area contributed by atoms with Crippen molar-refractivity contribution in [2.45, 2.75) is 0 Å². The summed E-state index contributed by atoms with van der Waals surface area (Å²) in [5.74, 6) is 0. The van der Waals surface area contributed by atoms with E-state index < -0.39 is 0 Å². The Kier molecular flexibility index (Phi) is 2.67. The van der Waals surface area contributed by atoms with Crippen LogP contribution in [-0.2, 0) is 0 Å². The third-order valence-electron chi connectivity index (χ3n) is 2.24. The summed E-state index contributed by atoms with van der Waals surface area (Å²) in [7, 11) is 0. The Morgan fingerprint density at radius 2 is 1.38 bits per heavy atom. The van der Waals surface area contributed by atoms with Crippen molar-refractivity contribution in [2.75, 3.05) is 0 Å². The molecule has 0 saturated heterocycles. The zero-order chi connectivity index (χ0) is 11.4. The Hall–Kier alpha value is -2.58. The molecule has 0 saturated carbocycles. The minimum absolute atomic E-state index is 0.502. The van der Waals surface area contributed by atoms with Crippen molar-refractivity contribution < 1.29 is 0 Å². The average Bonchev–Trinajstić information content (AvgIpc) is 2.39. The highest BCUT2D eigenvalue weighted by atomic mass is 14.3. The van der Waals surface area contributed by atoms with Gasteiger partial charge in [0.2, 0.25) is 0 Å². The Balaban J connectivity index is 2.59. The van der Waals surface area contributed by atoms with Crippen molar-refractivity contribution in [1.29, 1.82) is 10.5 Å². The van der Waals surface area contributed by atoms with E-state index in [1.807, 2.05) is 12.1 Å². The largest absolute Gasteiger partial charge is 0.192 e. The number of benzene rings is 2. The maximum atomic E-state index is 8.86. The van der Waals surface area contributed by atoms with Crippen LogP contribution in [-0.4, -0.2) is 0 Å². The Morgan fingerprint density at radius 1 is 0.812 bits per heavy atom. The van der Waals surface area contributed by atoms with Crippen LogP contribution in [0.2, 0.25) is 0 Å². The van der Waals surface area contributed by atoms with Crippen LogP contribution in [0.1, 0.15) is 11.1 Å². The molecule has 0 aliphatic rings. The third kappa shape index (κ3) is 1.92. The lowest BCUT2D eigenvalue weighted by Crippen LogP contribution is -1.83. The number of hydrogen-bond acceptors (Lipinski definition) is 2. The summed E-state index contributed by atoms with van der Waals surface area (Å²) < 4.78 is 0. The van der Waals surface area contributed by atoms with Crippen molar-refractivity contribution in [3.63, 3.8) is 0 Å². The molecular weight excluding hydrogens is 196 g/mol. The van der Waals surface area contributed by atoms with Crippen LogP contribution in [0.4, 0.5) is 0 Å². The van der Waals surface area contributed by atoms with E-state index in [0.29, 0.717) is 11.1 Å². The Morgan fingerprint density at radius 3 is 1.88 bits per heavy atom. The molecule has 0 amide bonds. The Bertz CT molecular complexity index is 554. The SMILES string of the molecule is N#Cc1cc(C#N)cc(-c2cc[c]cc2)c1. The molecule has 2 heteroatoms. The predicted molar refractivity (Wildman–Crippen MR) is 60.1 cm³/mol. The first-order valence-electron chi connectivity index (χ1n) is 4.75. The highest BCUT2D eigenvalue weighted by Crippen LogP contribution is 2.21. The highest BCUT2D eigenvalue weighted by Gasteiger charge is 2.02. The molecule has 0 unspecified atom stereocenters. The van der Waals surface area contributed by atoms with Crippen LogP contribution >= 0.6 is 0 Å². The van der Waals surface area contributed by atoms with Gasteiger partial charge in [0.15, 0.2) is 0 Å². The van der Waals surface area contributed by atoms with E-state index >= 15 is 0 Å². The van der Waals surface area contributed by atoms with Gasteiger partial charge in [-0.15, -0.1) is 0 Å². The van der Waals surface area contributed by atoms with Gasteiger partial charge in [-0.25, -0.2) is 0 Å². The molecule has 2 nitrogen and oxygen atoms in total. The lowest BCUT2D eigenvalue weighted by atomic mass is 10.0. The van der Waals surface area contributed by atoms with E-state index in [0.717, 1.165) is 11.1 Å². The van der Waals surface area contributed by atoms with Gasteiger partial charge in [0.05, 0.1) is 23.3 Å². The number of nitrogens with zero attached hydrogens (tertiary/aromatic N) is 2. The van der Waals surface area contributed by atoms with Crippen molar-refractivity contribution in [1.82, 2.24) is 0 Å². The molecule has 0 atom stereocenters. The standard InChI is InChI=1S/C14H7N2/c15-9-11-6-12(10-16)8-14(7-11)13-4-2-1-3-5-13/h2-8H. The fraction of sp³-hybridized carbons (Fsp3) is 0. The second kappa shape index (κ2) is 4.29. The summed E-state index contributed by atoms with van der Waals surface area (Å²) in [6, 6.07) is 19.6. The van der Waals surface area contributed by atoms with Gasteiger partial charge in [0.1, 0.15) is 0 Å².